The summed E-state index contributed by atoms with van der Waals surface area (Å²) in [6.45, 7) is 3.70. The molecule has 0 bridgehead atoms. The number of aliphatic hydroxyl groups is 1. The second kappa shape index (κ2) is 9.27. The lowest BCUT2D eigenvalue weighted by atomic mass is 9.84. The fraction of sp³-hybridized carbons (Fsp3) is 0.696. The molecule has 5 nitrogen and oxygen atoms in total. The Bertz CT molecular complexity index is 638. The maximum Gasteiger partial charge on any atom is 0.321 e. The lowest BCUT2D eigenvalue weighted by Crippen LogP contribution is -2.56. The van der Waals surface area contributed by atoms with Crippen LogP contribution in [0.15, 0.2) is 24.3 Å². The molecule has 1 atom stereocenters. The number of urea groups is 1. The molecule has 1 heterocycles. The van der Waals surface area contributed by atoms with Gasteiger partial charge in [-0.15, -0.1) is 0 Å². The summed E-state index contributed by atoms with van der Waals surface area (Å²) < 4.78 is 0. The Kier molecular flexibility index (Phi) is 6.53. The second-order valence-electron chi connectivity index (χ2n) is 8.94. The van der Waals surface area contributed by atoms with Gasteiger partial charge in [0.1, 0.15) is 0 Å². The third-order valence-corrected chi connectivity index (χ3v) is 6.78. The topological polar surface area (TPSA) is 55.8 Å². The number of benzene rings is 1. The van der Waals surface area contributed by atoms with E-state index in [-0.39, 0.29) is 18.7 Å². The number of rotatable bonds is 6. The average Bonchev–Trinajstić information content (AvgIpc) is 3.55. The molecular weight excluding hydrogens is 350 g/mol. The first-order chi connectivity index (χ1) is 13.7. The quantitative estimate of drug-likeness (QED) is 0.777. The number of amides is 2. The van der Waals surface area contributed by atoms with Gasteiger partial charge in [-0.3, -0.25) is 4.90 Å². The van der Waals surface area contributed by atoms with Gasteiger partial charge in [0.25, 0.3) is 0 Å². The van der Waals surface area contributed by atoms with E-state index in [2.05, 4.69) is 34.5 Å². The van der Waals surface area contributed by atoms with Crippen molar-refractivity contribution >= 4 is 11.7 Å². The van der Waals surface area contributed by atoms with Crippen LogP contribution in [0.5, 0.6) is 0 Å². The van der Waals surface area contributed by atoms with E-state index in [1.54, 1.807) is 0 Å². The minimum absolute atomic E-state index is 0.0144. The van der Waals surface area contributed by atoms with Gasteiger partial charge in [0.05, 0.1) is 0 Å². The van der Waals surface area contributed by atoms with Crippen molar-refractivity contribution in [1.29, 1.82) is 0 Å². The van der Waals surface area contributed by atoms with E-state index in [0.29, 0.717) is 12.5 Å². The fourth-order valence-corrected chi connectivity index (χ4v) is 4.85. The molecule has 0 aromatic heterocycles. The molecule has 1 unspecified atom stereocenters. The van der Waals surface area contributed by atoms with E-state index in [1.165, 1.54) is 50.5 Å². The minimum atomic E-state index is -0.0144. The van der Waals surface area contributed by atoms with Gasteiger partial charge in [0, 0.05) is 44.5 Å². The van der Waals surface area contributed by atoms with Crippen LogP contribution >= 0.6 is 0 Å². The summed E-state index contributed by atoms with van der Waals surface area (Å²) in [5.41, 5.74) is 2.29. The molecule has 3 fully saturated rings. The molecule has 1 aromatic rings. The van der Waals surface area contributed by atoms with Crippen LogP contribution in [0.25, 0.3) is 0 Å². The number of nitrogens with one attached hydrogen (secondary N) is 1. The highest BCUT2D eigenvalue weighted by molar-refractivity contribution is 5.89. The zero-order valence-electron chi connectivity index (χ0n) is 17.0. The van der Waals surface area contributed by atoms with Crippen LogP contribution in [0.2, 0.25) is 0 Å². The Morgan fingerprint density at radius 2 is 1.79 bits per heavy atom. The number of piperazine rings is 1. The third kappa shape index (κ3) is 5.06. The number of hydrogen-bond acceptors (Lipinski definition) is 3. The van der Waals surface area contributed by atoms with E-state index in [0.717, 1.165) is 37.7 Å². The van der Waals surface area contributed by atoms with Crippen molar-refractivity contribution in [3.05, 3.63) is 29.8 Å². The molecule has 2 aliphatic carbocycles. The molecule has 2 N–H and O–H groups in total. The average molecular weight is 386 g/mol. The van der Waals surface area contributed by atoms with Gasteiger partial charge in [-0.25, -0.2) is 4.79 Å². The first-order valence-electron chi connectivity index (χ1n) is 11.2. The lowest BCUT2D eigenvalue weighted by molar-refractivity contribution is 0.0739. The molecule has 28 heavy (non-hydrogen) atoms. The highest BCUT2D eigenvalue weighted by atomic mass is 16.3. The standard InChI is InChI=1S/C23H35N3O2/c27-15-12-22-17-26(14-13-25(22)16-18-6-7-18)23(28)24-21-10-8-20(9-11-21)19-4-2-1-3-5-19/h8-11,18-19,22,27H,1-7,12-17H2,(H,24,28). The molecule has 154 valence electrons. The molecule has 2 saturated carbocycles. The SMILES string of the molecule is O=C(Nc1ccc(C2CCCCC2)cc1)N1CCN(CC2CC2)C(CCO)C1. The summed E-state index contributed by atoms with van der Waals surface area (Å²) in [5.74, 6) is 1.53. The molecular formula is C23H35N3O2. The number of carbonyl (C=O) groups excluding carboxylic acids is 1. The van der Waals surface area contributed by atoms with Crippen molar-refractivity contribution < 1.29 is 9.90 Å². The van der Waals surface area contributed by atoms with Gasteiger partial charge in [0.15, 0.2) is 0 Å². The number of hydrogen-bond donors (Lipinski definition) is 2. The first kappa shape index (κ1) is 19.7. The van der Waals surface area contributed by atoms with Gasteiger partial charge in [-0.05, 0) is 61.6 Å². The molecule has 1 saturated heterocycles. The number of aliphatic hydroxyl groups excluding tert-OH is 1. The smallest absolute Gasteiger partial charge is 0.321 e. The molecule has 1 aromatic carbocycles. The van der Waals surface area contributed by atoms with Crippen LogP contribution in [0, 0.1) is 5.92 Å². The van der Waals surface area contributed by atoms with E-state index in [1.807, 2.05) is 4.90 Å². The largest absolute Gasteiger partial charge is 0.396 e. The van der Waals surface area contributed by atoms with Crippen molar-refractivity contribution in [3.8, 4) is 0 Å². The molecule has 5 heteroatoms. The number of carbonyl (C=O) groups is 1. The zero-order chi connectivity index (χ0) is 19.3. The molecule has 4 rings (SSSR count). The molecule has 0 radical (unpaired) electrons. The molecule has 2 amide bonds. The second-order valence-corrected chi connectivity index (χ2v) is 8.94. The normalized spacial score (nSPS) is 24.3. The first-order valence-corrected chi connectivity index (χ1v) is 11.2. The van der Waals surface area contributed by atoms with E-state index in [4.69, 9.17) is 0 Å². The maximum absolute atomic E-state index is 12.8. The van der Waals surface area contributed by atoms with E-state index in [9.17, 15) is 9.90 Å². The highest BCUT2D eigenvalue weighted by Crippen LogP contribution is 2.33. The summed E-state index contributed by atoms with van der Waals surface area (Å²) in [6, 6.07) is 8.74. The Morgan fingerprint density at radius 1 is 1.04 bits per heavy atom. The van der Waals surface area contributed by atoms with Crippen molar-refractivity contribution in [2.75, 3.05) is 38.1 Å². The highest BCUT2D eigenvalue weighted by Gasteiger charge is 2.33. The Labute approximate surface area is 169 Å². The summed E-state index contributed by atoms with van der Waals surface area (Å²) >= 11 is 0. The maximum atomic E-state index is 12.8. The Morgan fingerprint density at radius 3 is 2.46 bits per heavy atom. The minimum Gasteiger partial charge on any atom is -0.396 e. The van der Waals surface area contributed by atoms with Crippen LogP contribution in [0.4, 0.5) is 10.5 Å². The summed E-state index contributed by atoms with van der Waals surface area (Å²) in [7, 11) is 0. The van der Waals surface area contributed by atoms with Crippen LogP contribution in [-0.4, -0.2) is 59.8 Å². The van der Waals surface area contributed by atoms with Crippen molar-refractivity contribution in [1.82, 2.24) is 9.80 Å². The summed E-state index contributed by atoms with van der Waals surface area (Å²) in [6.07, 6.45) is 10.1. The fourth-order valence-electron chi connectivity index (χ4n) is 4.85. The van der Waals surface area contributed by atoms with Crippen LogP contribution in [-0.2, 0) is 0 Å². The van der Waals surface area contributed by atoms with Crippen molar-refractivity contribution in [3.63, 3.8) is 0 Å². The van der Waals surface area contributed by atoms with E-state index >= 15 is 0 Å². The lowest BCUT2D eigenvalue weighted by Gasteiger charge is -2.41. The van der Waals surface area contributed by atoms with Crippen molar-refractivity contribution in [2.24, 2.45) is 5.92 Å². The zero-order valence-corrected chi connectivity index (χ0v) is 17.0. The van der Waals surface area contributed by atoms with E-state index < -0.39 is 0 Å². The number of anilines is 1. The van der Waals surface area contributed by atoms with Crippen LogP contribution in [0.1, 0.15) is 62.8 Å². The molecule has 3 aliphatic rings. The predicted octanol–water partition coefficient (Wildman–Crippen LogP) is 4.04. The Balaban J connectivity index is 1.31. The summed E-state index contributed by atoms with van der Waals surface area (Å²) in [4.78, 5) is 17.2. The summed E-state index contributed by atoms with van der Waals surface area (Å²) in [5, 5.41) is 12.5. The molecule has 1 aliphatic heterocycles. The monoisotopic (exact) mass is 385 g/mol. The van der Waals surface area contributed by atoms with Crippen molar-refractivity contribution in [2.45, 2.75) is 63.3 Å². The third-order valence-electron chi connectivity index (χ3n) is 6.78. The van der Waals surface area contributed by atoms with Crippen LogP contribution < -0.4 is 5.32 Å². The Hall–Kier alpha value is -1.59. The van der Waals surface area contributed by atoms with Gasteiger partial charge in [-0.2, -0.15) is 0 Å². The van der Waals surface area contributed by atoms with Crippen LogP contribution in [0.3, 0.4) is 0 Å². The van der Waals surface area contributed by atoms with Gasteiger partial charge in [0.2, 0.25) is 0 Å². The number of nitrogens with zero attached hydrogens (tertiary/aromatic N) is 2. The van der Waals surface area contributed by atoms with Gasteiger partial charge >= 0.3 is 6.03 Å². The predicted molar refractivity (Wildman–Crippen MR) is 113 cm³/mol. The van der Waals surface area contributed by atoms with Gasteiger partial charge in [-0.1, -0.05) is 31.4 Å². The molecule has 0 spiro atoms. The van der Waals surface area contributed by atoms with Gasteiger partial charge < -0.3 is 15.3 Å².